The van der Waals surface area contributed by atoms with Gasteiger partial charge in [0, 0.05) is 23.1 Å². The summed E-state index contributed by atoms with van der Waals surface area (Å²) in [7, 11) is 4.02. The van der Waals surface area contributed by atoms with Crippen molar-refractivity contribution in [3.63, 3.8) is 0 Å². The highest BCUT2D eigenvalue weighted by Gasteiger charge is 2.31. The van der Waals surface area contributed by atoms with Crippen LogP contribution in [0.3, 0.4) is 0 Å². The number of rotatable bonds is 3. The zero-order valence-electron chi connectivity index (χ0n) is 15.8. The number of nitrogens with zero attached hydrogens (tertiary/aromatic N) is 2. The number of aliphatic carboxylic acids is 2. The number of benzene rings is 2. The van der Waals surface area contributed by atoms with E-state index >= 15 is 0 Å². The van der Waals surface area contributed by atoms with Gasteiger partial charge in [-0.2, -0.15) is 0 Å². The van der Waals surface area contributed by atoms with Gasteiger partial charge in [0.2, 0.25) is 0 Å². The van der Waals surface area contributed by atoms with E-state index in [2.05, 4.69) is 4.90 Å². The summed E-state index contributed by atoms with van der Waals surface area (Å²) in [5.74, 6) is -3.94. The summed E-state index contributed by atoms with van der Waals surface area (Å²) in [6.07, 6.45) is 0.775. The average molecular weight is 398 g/mol. The third-order valence-corrected chi connectivity index (χ3v) is 4.64. The number of carboxylic acid groups (broad SMARTS) is 2. The number of carboxylic acids is 2. The molecular weight excluding hydrogens is 379 g/mol. The minimum atomic E-state index is -1.82. The van der Waals surface area contributed by atoms with E-state index < -0.39 is 11.9 Å². The van der Waals surface area contributed by atoms with Crippen LogP contribution >= 0.6 is 0 Å². The molecule has 29 heavy (non-hydrogen) atoms. The molecule has 0 atom stereocenters. The van der Waals surface area contributed by atoms with Gasteiger partial charge in [0.1, 0.15) is 5.82 Å². The van der Waals surface area contributed by atoms with Crippen molar-refractivity contribution < 1.29 is 29.0 Å². The highest BCUT2D eigenvalue weighted by molar-refractivity contribution is 6.27. The second-order valence-corrected chi connectivity index (χ2v) is 6.84. The van der Waals surface area contributed by atoms with Crippen molar-refractivity contribution in [2.45, 2.75) is 6.42 Å². The summed E-state index contributed by atoms with van der Waals surface area (Å²) in [6, 6.07) is 12.3. The monoisotopic (exact) mass is 398 g/mol. The fourth-order valence-electron chi connectivity index (χ4n) is 3.41. The average Bonchev–Trinajstić information content (AvgIpc) is 3.14. The summed E-state index contributed by atoms with van der Waals surface area (Å²) in [5, 5.41) is 15.6. The Morgan fingerprint density at radius 3 is 2.24 bits per heavy atom. The van der Waals surface area contributed by atoms with Crippen molar-refractivity contribution in [2.24, 2.45) is 0 Å². The fraction of sp³-hybridized carbons (Fsp3) is 0.190. The SMILES string of the molecule is CN(C)CCc1c2n(c3ccc(F)cc13)C(=O)c1ccccc1-2.O=C(O)C(=O)O. The minimum absolute atomic E-state index is 0.0247. The molecule has 0 saturated carbocycles. The van der Waals surface area contributed by atoms with Crippen molar-refractivity contribution in [3.05, 3.63) is 59.4 Å². The van der Waals surface area contributed by atoms with E-state index in [4.69, 9.17) is 19.8 Å². The zero-order valence-corrected chi connectivity index (χ0v) is 15.8. The molecule has 0 unspecified atom stereocenters. The molecule has 0 spiro atoms. The van der Waals surface area contributed by atoms with Crippen LogP contribution in [-0.4, -0.2) is 58.2 Å². The standard InChI is InChI=1S/C19H17FN2O.C2H2O4/c1-21(2)10-9-14-16-11-12(20)7-8-17(16)22-18(14)13-5-3-4-6-15(13)19(22)23;3-1(4)2(5)6/h3-8,11H,9-10H2,1-2H3;(H,3,4)(H,5,6). The van der Waals surface area contributed by atoms with Crippen molar-refractivity contribution >= 4 is 28.7 Å². The van der Waals surface area contributed by atoms with Gasteiger partial charge in [0.25, 0.3) is 5.91 Å². The van der Waals surface area contributed by atoms with Crippen LogP contribution in [0.4, 0.5) is 4.39 Å². The maximum Gasteiger partial charge on any atom is 0.414 e. The number of carbonyl (C=O) groups excluding carboxylic acids is 1. The van der Waals surface area contributed by atoms with Crippen LogP contribution in [0.1, 0.15) is 15.9 Å². The Balaban J connectivity index is 0.000000353. The number of likely N-dealkylation sites (N-methyl/N-ethyl adjacent to an activating group) is 1. The van der Waals surface area contributed by atoms with Crippen LogP contribution < -0.4 is 0 Å². The third-order valence-electron chi connectivity index (χ3n) is 4.64. The van der Waals surface area contributed by atoms with Gasteiger partial charge in [-0.1, -0.05) is 18.2 Å². The van der Waals surface area contributed by atoms with E-state index in [-0.39, 0.29) is 11.7 Å². The lowest BCUT2D eigenvalue weighted by atomic mass is 10.00. The quantitative estimate of drug-likeness (QED) is 0.515. The van der Waals surface area contributed by atoms with Gasteiger partial charge in [-0.3, -0.25) is 9.36 Å². The molecular formula is C21H19FN2O5. The fourth-order valence-corrected chi connectivity index (χ4v) is 3.41. The molecule has 2 aromatic carbocycles. The summed E-state index contributed by atoms with van der Waals surface area (Å²) in [4.78, 5) is 33.1. The Bertz CT molecular complexity index is 1120. The molecule has 2 N–H and O–H groups in total. The zero-order chi connectivity index (χ0) is 21.3. The predicted molar refractivity (Wildman–Crippen MR) is 105 cm³/mol. The number of aromatic nitrogens is 1. The molecule has 0 radical (unpaired) electrons. The number of hydrogen-bond donors (Lipinski definition) is 2. The van der Waals surface area contributed by atoms with Crippen LogP contribution in [0.25, 0.3) is 22.2 Å². The second kappa shape index (κ2) is 7.84. The van der Waals surface area contributed by atoms with Crippen LogP contribution in [0.15, 0.2) is 42.5 Å². The van der Waals surface area contributed by atoms with Crippen molar-refractivity contribution in [2.75, 3.05) is 20.6 Å². The van der Waals surface area contributed by atoms with Gasteiger partial charge in [0.05, 0.1) is 11.2 Å². The van der Waals surface area contributed by atoms with E-state index in [1.165, 1.54) is 6.07 Å². The summed E-state index contributed by atoms with van der Waals surface area (Å²) < 4.78 is 15.5. The highest BCUT2D eigenvalue weighted by atomic mass is 19.1. The van der Waals surface area contributed by atoms with Gasteiger partial charge in [0.15, 0.2) is 0 Å². The van der Waals surface area contributed by atoms with Gasteiger partial charge in [-0.05, 0) is 50.3 Å². The van der Waals surface area contributed by atoms with Gasteiger partial charge in [-0.25, -0.2) is 14.0 Å². The van der Waals surface area contributed by atoms with E-state index in [1.54, 1.807) is 16.7 Å². The molecule has 0 amide bonds. The van der Waals surface area contributed by atoms with Gasteiger partial charge < -0.3 is 15.1 Å². The first-order chi connectivity index (χ1) is 13.7. The normalized spacial score (nSPS) is 11.8. The molecule has 0 fully saturated rings. The molecule has 3 aromatic rings. The second-order valence-electron chi connectivity index (χ2n) is 6.84. The number of hydrogen-bond acceptors (Lipinski definition) is 4. The molecule has 0 aliphatic carbocycles. The topological polar surface area (TPSA) is 99.8 Å². The van der Waals surface area contributed by atoms with Gasteiger partial charge in [-0.15, -0.1) is 0 Å². The molecule has 150 valence electrons. The maximum absolute atomic E-state index is 13.8. The highest BCUT2D eigenvalue weighted by Crippen LogP contribution is 2.41. The molecule has 0 saturated heterocycles. The minimum Gasteiger partial charge on any atom is -0.473 e. The molecule has 1 aliphatic heterocycles. The van der Waals surface area contributed by atoms with Crippen LogP contribution in [0.2, 0.25) is 0 Å². The van der Waals surface area contributed by atoms with Crippen molar-refractivity contribution in [1.82, 2.24) is 9.47 Å². The largest absolute Gasteiger partial charge is 0.473 e. The van der Waals surface area contributed by atoms with Crippen molar-refractivity contribution in [3.8, 4) is 11.3 Å². The first-order valence-corrected chi connectivity index (χ1v) is 8.80. The third kappa shape index (κ3) is 3.74. The number of carbonyl (C=O) groups is 3. The predicted octanol–water partition coefficient (Wildman–Crippen LogP) is 2.71. The van der Waals surface area contributed by atoms with Crippen LogP contribution in [0.5, 0.6) is 0 Å². The van der Waals surface area contributed by atoms with E-state index in [1.807, 2.05) is 38.4 Å². The number of halogens is 1. The Morgan fingerprint density at radius 1 is 1.03 bits per heavy atom. The van der Waals surface area contributed by atoms with Gasteiger partial charge >= 0.3 is 11.9 Å². The van der Waals surface area contributed by atoms with E-state index in [9.17, 15) is 9.18 Å². The Labute approximate surface area is 165 Å². The maximum atomic E-state index is 13.8. The Morgan fingerprint density at radius 2 is 1.66 bits per heavy atom. The summed E-state index contributed by atoms with van der Waals surface area (Å²) in [5.41, 5.74) is 4.43. The summed E-state index contributed by atoms with van der Waals surface area (Å²) >= 11 is 0. The van der Waals surface area contributed by atoms with E-state index in [0.717, 1.165) is 46.3 Å². The molecule has 8 heteroatoms. The molecule has 0 bridgehead atoms. The molecule has 4 rings (SSSR count). The molecule has 1 aromatic heterocycles. The lowest BCUT2D eigenvalue weighted by Crippen LogP contribution is -2.15. The van der Waals surface area contributed by atoms with Crippen LogP contribution in [-0.2, 0) is 16.0 Å². The van der Waals surface area contributed by atoms with Crippen molar-refractivity contribution in [1.29, 1.82) is 0 Å². The smallest absolute Gasteiger partial charge is 0.414 e. The Hall–Kier alpha value is -3.52. The number of fused-ring (bicyclic) bond motifs is 5. The van der Waals surface area contributed by atoms with E-state index in [0.29, 0.717) is 0 Å². The summed E-state index contributed by atoms with van der Waals surface area (Å²) in [6.45, 7) is 0.846. The molecule has 2 heterocycles. The van der Waals surface area contributed by atoms with Crippen LogP contribution in [0, 0.1) is 5.82 Å². The lowest BCUT2D eigenvalue weighted by molar-refractivity contribution is -0.159. The first-order valence-electron chi connectivity index (χ1n) is 8.80. The molecule has 7 nitrogen and oxygen atoms in total. The first kappa shape index (κ1) is 20.2. The Kier molecular flexibility index (Phi) is 5.47. The molecule has 1 aliphatic rings. The lowest BCUT2D eigenvalue weighted by Gasteiger charge is -2.10.